The molecule has 2 aromatic carbocycles. The van der Waals surface area contributed by atoms with Crippen molar-refractivity contribution in [3.8, 4) is 0 Å². The molecule has 1 heterocycles. The second-order valence-corrected chi connectivity index (χ2v) is 10.9. The number of fused-ring (bicyclic) bond motifs is 1. The Balaban J connectivity index is 1.48. The number of hydrogen-bond donors (Lipinski definition) is 1. The number of allylic oxidation sites excluding steroid dienone is 2. The summed E-state index contributed by atoms with van der Waals surface area (Å²) in [6.07, 6.45) is 3.56. The van der Waals surface area contributed by atoms with Crippen molar-refractivity contribution in [2.75, 3.05) is 20.1 Å². The van der Waals surface area contributed by atoms with Gasteiger partial charge in [0.25, 0.3) is 5.91 Å². The molecule has 8 heteroatoms. The molecule has 1 N–H and O–H groups in total. The number of carbonyl (C=O) groups is 2. The van der Waals surface area contributed by atoms with E-state index in [1.54, 1.807) is 12.1 Å². The Hall–Kier alpha value is -3.68. The van der Waals surface area contributed by atoms with Gasteiger partial charge in [0.15, 0.2) is 0 Å². The quantitative estimate of drug-likeness (QED) is 0.287. The van der Waals surface area contributed by atoms with Crippen LogP contribution in [0.1, 0.15) is 67.6 Å². The Morgan fingerprint density at radius 2 is 1.85 bits per heavy atom. The van der Waals surface area contributed by atoms with E-state index < -0.39 is 11.6 Å². The summed E-state index contributed by atoms with van der Waals surface area (Å²) < 4.78 is 29.0. The minimum absolute atomic E-state index is 0.00172. The maximum absolute atomic E-state index is 14.5. The molecule has 0 radical (unpaired) electrons. The lowest BCUT2D eigenvalue weighted by atomic mass is 9.72. The van der Waals surface area contributed by atoms with Crippen molar-refractivity contribution < 1.29 is 18.4 Å². The smallest absolute Gasteiger partial charge is 0.252 e. The third kappa shape index (κ3) is 5.70. The molecule has 0 bridgehead atoms. The number of rotatable bonds is 9. The summed E-state index contributed by atoms with van der Waals surface area (Å²) in [4.78, 5) is 27.5. The number of amides is 2. The first-order valence-electron chi connectivity index (χ1n) is 13.4. The first-order chi connectivity index (χ1) is 18.6. The number of azo groups is 1. The van der Waals surface area contributed by atoms with E-state index in [9.17, 15) is 18.4 Å². The van der Waals surface area contributed by atoms with Crippen LogP contribution in [0.4, 0.5) is 8.78 Å². The fourth-order valence-corrected chi connectivity index (χ4v) is 6.12. The van der Waals surface area contributed by atoms with Gasteiger partial charge in [0.2, 0.25) is 5.91 Å². The molecule has 3 atom stereocenters. The number of benzene rings is 2. The zero-order valence-electron chi connectivity index (χ0n) is 23.0. The highest BCUT2D eigenvalue weighted by Crippen LogP contribution is 2.51. The molecule has 2 aliphatic rings. The number of hydrogen-bond acceptors (Lipinski definition) is 4. The Kier molecular flexibility index (Phi) is 8.42. The van der Waals surface area contributed by atoms with Gasteiger partial charge in [0.1, 0.15) is 11.6 Å². The molecule has 206 valence electrons. The predicted molar refractivity (Wildman–Crippen MR) is 148 cm³/mol. The highest BCUT2D eigenvalue weighted by atomic mass is 19.1. The van der Waals surface area contributed by atoms with Gasteiger partial charge in [-0.05, 0) is 72.4 Å². The monoisotopic (exact) mass is 534 g/mol. The van der Waals surface area contributed by atoms with Crippen LogP contribution in [0.3, 0.4) is 0 Å². The molecular formula is C31H36F2N4O2. The first-order valence-corrected chi connectivity index (χ1v) is 13.4. The van der Waals surface area contributed by atoms with Crippen molar-refractivity contribution in [2.45, 2.75) is 46.1 Å². The molecule has 0 saturated heterocycles. The van der Waals surface area contributed by atoms with Crippen LogP contribution in [-0.2, 0) is 4.79 Å². The van der Waals surface area contributed by atoms with Crippen LogP contribution in [-0.4, -0.2) is 36.9 Å². The Morgan fingerprint density at radius 1 is 1.15 bits per heavy atom. The summed E-state index contributed by atoms with van der Waals surface area (Å²) >= 11 is 0. The lowest BCUT2D eigenvalue weighted by Gasteiger charge is -2.37. The molecular weight excluding hydrogens is 498 g/mol. The van der Waals surface area contributed by atoms with Crippen LogP contribution in [0.2, 0.25) is 0 Å². The van der Waals surface area contributed by atoms with Crippen LogP contribution in [0, 0.1) is 28.9 Å². The Labute approximate surface area is 228 Å². The number of nitrogens with one attached hydrogen (secondary N) is 1. The summed E-state index contributed by atoms with van der Waals surface area (Å²) in [5.74, 6) is -1.32. The first kappa shape index (κ1) is 28.3. The van der Waals surface area contributed by atoms with Gasteiger partial charge >= 0.3 is 0 Å². The molecule has 2 aromatic rings. The van der Waals surface area contributed by atoms with E-state index in [1.165, 1.54) is 25.2 Å². The van der Waals surface area contributed by atoms with Gasteiger partial charge in [0.05, 0.1) is 23.7 Å². The van der Waals surface area contributed by atoms with Crippen molar-refractivity contribution in [2.24, 2.45) is 27.5 Å². The second kappa shape index (κ2) is 11.6. The van der Waals surface area contributed by atoms with Crippen molar-refractivity contribution in [1.29, 1.82) is 0 Å². The van der Waals surface area contributed by atoms with E-state index in [-0.39, 0.29) is 52.8 Å². The van der Waals surface area contributed by atoms with Gasteiger partial charge in [-0.3, -0.25) is 9.59 Å². The lowest BCUT2D eigenvalue weighted by Crippen LogP contribution is -2.40. The van der Waals surface area contributed by atoms with Crippen molar-refractivity contribution in [1.82, 2.24) is 10.2 Å². The summed E-state index contributed by atoms with van der Waals surface area (Å²) in [7, 11) is 1.46. The van der Waals surface area contributed by atoms with Crippen molar-refractivity contribution in [3.05, 3.63) is 89.0 Å². The molecule has 1 aliphatic carbocycles. The van der Waals surface area contributed by atoms with Gasteiger partial charge in [-0.1, -0.05) is 44.7 Å². The molecule has 6 nitrogen and oxygen atoms in total. The fraction of sp³-hybridized carbons (Fsp3) is 0.419. The Morgan fingerprint density at radius 3 is 2.51 bits per heavy atom. The van der Waals surface area contributed by atoms with Crippen LogP contribution in [0.15, 0.2) is 70.9 Å². The van der Waals surface area contributed by atoms with Crippen LogP contribution < -0.4 is 5.32 Å². The molecule has 0 aromatic heterocycles. The minimum atomic E-state index is -0.705. The zero-order valence-corrected chi connectivity index (χ0v) is 23.0. The van der Waals surface area contributed by atoms with Gasteiger partial charge in [-0.15, -0.1) is 0 Å². The molecule has 1 unspecified atom stereocenters. The van der Waals surface area contributed by atoms with Crippen LogP contribution >= 0.6 is 0 Å². The molecule has 1 fully saturated rings. The number of halogens is 2. The van der Waals surface area contributed by atoms with E-state index in [4.69, 9.17) is 0 Å². The minimum Gasteiger partial charge on any atom is -0.345 e. The molecule has 0 spiro atoms. The van der Waals surface area contributed by atoms with Crippen LogP contribution in [0.5, 0.6) is 0 Å². The summed E-state index contributed by atoms with van der Waals surface area (Å²) in [5, 5.41) is 10.7. The normalized spacial score (nSPS) is 22.2. The van der Waals surface area contributed by atoms with Gasteiger partial charge in [-0.25, -0.2) is 8.78 Å². The third-order valence-corrected chi connectivity index (χ3v) is 8.39. The molecule has 4 rings (SSSR count). The average Bonchev–Trinajstić information content (AvgIpc) is 3.37. The van der Waals surface area contributed by atoms with Gasteiger partial charge in [-0.2, -0.15) is 10.2 Å². The SMILES string of the molecule is C=C(/C=C(\N=N/C)c1c(F)cccc1F)[C@@H]1CC[C@@H](CN(CC)C(=O)CC2NC(=O)c3ccccc32)C1(C)C. The van der Waals surface area contributed by atoms with E-state index >= 15 is 0 Å². The molecule has 2 amide bonds. The third-order valence-electron chi connectivity index (χ3n) is 8.39. The Bertz CT molecular complexity index is 1310. The second-order valence-electron chi connectivity index (χ2n) is 10.9. The van der Waals surface area contributed by atoms with Crippen molar-refractivity contribution >= 4 is 17.5 Å². The summed E-state index contributed by atoms with van der Waals surface area (Å²) in [6.45, 7) is 11.7. The van der Waals surface area contributed by atoms with E-state index in [2.05, 4.69) is 36.0 Å². The predicted octanol–water partition coefficient (Wildman–Crippen LogP) is 6.72. The molecule has 39 heavy (non-hydrogen) atoms. The topological polar surface area (TPSA) is 74.1 Å². The summed E-state index contributed by atoms with van der Waals surface area (Å²) in [6, 6.07) is 10.8. The van der Waals surface area contributed by atoms with Gasteiger partial charge in [0, 0.05) is 25.7 Å². The van der Waals surface area contributed by atoms with E-state index in [1.807, 2.05) is 30.0 Å². The number of nitrogens with zero attached hydrogens (tertiary/aromatic N) is 3. The van der Waals surface area contributed by atoms with Crippen LogP contribution in [0.25, 0.3) is 5.70 Å². The van der Waals surface area contributed by atoms with Gasteiger partial charge < -0.3 is 10.2 Å². The largest absolute Gasteiger partial charge is 0.345 e. The molecule has 1 aliphatic heterocycles. The molecule has 1 saturated carbocycles. The average molecular weight is 535 g/mol. The van der Waals surface area contributed by atoms with E-state index in [0.717, 1.165) is 24.0 Å². The highest BCUT2D eigenvalue weighted by molar-refractivity contribution is 5.99. The summed E-state index contributed by atoms with van der Waals surface area (Å²) in [5.41, 5.74) is 1.87. The van der Waals surface area contributed by atoms with E-state index in [0.29, 0.717) is 18.7 Å². The highest BCUT2D eigenvalue weighted by Gasteiger charge is 2.45. The zero-order chi connectivity index (χ0) is 28.3. The fourth-order valence-electron chi connectivity index (χ4n) is 6.12. The number of carbonyl (C=O) groups excluding carboxylic acids is 2. The lowest BCUT2D eigenvalue weighted by molar-refractivity contribution is -0.132. The maximum atomic E-state index is 14.5. The standard InChI is InChI=1S/C31H36F2N4O2/c1-6-37(28(38)17-26-21-10-7-8-11-22(21)30(39)35-26)18-20-14-15-23(31(20,3)4)19(2)16-27(36-34-5)29-24(32)12-9-13-25(29)33/h7-13,16,20,23,26H,2,6,14-15,17-18H2,1,3-5H3,(H,35,39)/b27-16-,36-34-/t20-,23-,26?/m0/s1. The van der Waals surface area contributed by atoms with Crippen molar-refractivity contribution in [3.63, 3.8) is 0 Å². The maximum Gasteiger partial charge on any atom is 0.252 e.